The number of nitrogens with one attached hydrogen (secondary N) is 1. The topological polar surface area (TPSA) is 72.2 Å². The summed E-state index contributed by atoms with van der Waals surface area (Å²) in [6.45, 7) is 1.87. The second kappa shape index (κ2) is 5.19. The van der Waals surface area contributed by atoms with Crippen molar-refractivity contribution < 1.29 is 12.8 Å². The van der Waals surface area contributed by atoms with Gasteiger partial charge in [-0.15, -0.1) is 0 Å². The average Bonchev–Trinajstić information content (AvgIpc) is 2.77. The maximum absolute atomic E-state index is 13.0. The van der Waals surface area contributed by atoms with Crippen molar-refractivity contribution in [2.24, 2.45) is 5.73 Å². The average molecular weight is 286 g/mol. The van der Waals surface area contributed by atoms with Crippen LogP contribution in [0.1, 0.15) is 31.2 Å². The minimum Gasteiger partial charge on any atom is -0.329 e. The summed E-state index contributed by atoms with van der Waals surface area (Å²) >= 11 is 0. The molecule has 6 heteroatoms. The van der Waals surface area contributed by atoms with E-state index in [9.17, 15) is 12.8 Å². The first-order chi connectivity index (χ1) is 8.88. The maximum atomic E-state index is 13.0. The van der Waals surface area contributed by atoms with Crippen LogP contribution in [0, 0.1) is 12.7 Å². The standard InChI is InChI=1S/C13H19FN2O2S/c1-10-8-11(14)4-5-12(10)19(17,18)16-13(9-15)6-2-3-7-13/h4-5,8,16H,2-3,6-7,9,15H2,1H3. The van der Waals surface area contributed by atoms with Crippen molar-refractivity contribution >= 4 is 10.0 Å². The largest absolute Gasteiger partial charge is 0.329 e. The third-order valence-corrected chi connectivity index (χ3v) is 5.47. The lowest BCUT2D eigenvalue weighted by Gasteiger charge is -2.28. The lowest BCUT2D eigenvalue weighted by Crippen LogP contribution is -2.51. The fourth-order valence-electron chi connectivity index (χ4n) is 2.65. The number of halogens is 1. The van der Waals surface area contributed by atoms with Gasteiger partial charge in [0.15, 0.2) is 0 Å². The summed E-state index contributed by atoms with van der Waals surface area (Å²) in [5.74, 6) is -0.439. The molecule has 0 aromatic heterocycles. The van der Waals surface area contributed by atoms with Crippen LogP contribution in [0.3, 0.4) is 0 Å². The van der Waals surface area contributed by atoms with Gasteiger partial charge in [-0.25, -0.2) is 17.5 Å². The summed E-state index contributed by atoms with van der Waals surface area (Å²) in [4.78, 5) is 0.119. The van der Waals surface area contributed by atoms with E-state index in [1.165, 1.54) is 12.1 Å². The van der Waals surface area contributed by atoms with Crippen LogP contribution in [0.4, 0.5) is 4.39 Å². The summed E-state index contributed by atoms with van der Waals surface area (Å²) in [6, 6.07) is 3.68. The molecular formula is C13H19FN2O2S. The van der Waals surface area contributed by atoms with Crippen LogP contribution in [0.2, 0.25) is 0 Å². The number of rotatable bonds is 4. The SMILES string of the molecule is Cc1cc(F)ccc1S(=O)(=O)NC1(CN)CCCC1. The molecule has 1 aliphatic rings. The Hall–Kier alpha value is -0.980. The summed E-state index contributed by atoms with van der Waals surface area (Å²) in [6.07, 6.45) is 3.45. The summed E-state index contributed by atoms with van der Waals surface area (Å²) in [7, 11) is -3.66. The van der Waals surface area contributed by atoms with E-state index in [-0.39, 0.29) is 11.4 Å². The van der Waals surface area contributed by atoms with Crippen LogP contribution < -0.4 is 10.5 Å². The van der Waals surface area contributed by atoms with Crippen molar-refractivity contribution in [3.63, 3.8) is 0 Å². The molecular weight excluding hydrogens is 267 g/mol. The van der Waals surface area contributed by atoms with Crippen LogP contribution in [-0.2, 0) is 10.0 Å². The van der Waals surface area contributed by atoms with Crippen LogP contribution in [0.5, 0.6) is 0 Å². The number of nitrogens with two attached hydrogens (primary N) is 1. The molecule has 1 aromatic rings. The molecule has 3 N–H and O–H groups in total. The molecule has 0 aliphatic heterocycles. The fourth-order valence-corrected chi connectivity index (χ4v) is 4.35. The van der Waals surface area contributed by atoms with E-state index in [0.717, 1.165) is 31.7 Å². The third-order valence-electron chi connectivity index (χ3n) is 3.73. The third kappa shape index (κ3) is 2.96. The number of hydrogen-bond acceptors (Lipinski definition) is 3. The number of benzene rings is 1. The quantitative estimate of drug-likeness (QED) is 0.884. The Kier molecular flexibility index (Phi) is 3.94. The highest BCUT2D eigenvalue weighted by molar-refractivity contribution is 7.89. The van der Waals surface area contributed by atoms with Gasteiger partial charge in [0, 0.05) is 12.1 Å². The molecule has 2 rings (SSSR count). The van der Waals surface area contributed by atoms with E-state index in [1.807, 2.05) is 0 Å². The lowest BCUT2D eigenvalue weighted by atomic mass is 10.0. The van der Waals surface area contributed by atoms with E-state index in [1.54, 1.807) is 6.92 Å². The van der Waals surface area contributed by atoms with Gasteiger partial charge in [-0.3, -0.25) is 0 Å². The second-order valence-electron chi connectivity index (χ2n) is 5.21. The minimum absolute atomic E-state index is 0.119. The van der Waals surface area contributed by atoms with Crippen molar-refractivity contribution in [2.45, 2.75) is 43.0 Å². The second-order valence-corrected chi connectivity index (χ2v) is 6.86. The van der Waals surface area contributed by atoms with Gasteiger partial charge in [0.25, 0.3) is 0 Å². The Morgan fingerprint density at radius 1 is 1.37 bits per heavy atom. The first-order valence-electron chi connectivity index (χ1n) is 6.39. The predicted octanol–water partition coefficient (Wildman–Crippen LogP) is 1.68. The zero-order chi connectivity index (χ0) is 14.1. The Balaban J connectivity index is 2.32. The Morgan fingerprint density at radius 3 is 2.53 bits per heavy atom. The van der Waals surface area contributed by atoms with E-state index >= 15 is 0 Å². The van der Waals surface area contributed by atoms with Gasteiger partial charge in [-0.2, -0.15) is 0 Å². The highest BCUT2D eigenvalue weighted by Crippen LogP contribution is 2.30. The smallest absolute Gasteiger partial charge is 0.241 e. The maximum Gasteiger partial charge on any atom is 0.241 e. The molecule has 1 aliphatic carbocycles. The number of hydrogen-bond donors (Lipinski definition) is 2. The molecule has 19 heavy (non-hydrogen) atoms. The van der Waals surface area contributed by atoms with Crippen molar-refractivity contribution in [3.8, 4) is 0 Å². The van der Waals surface area contributed by atoms with Crippen molar-refractivity contribution in [1.82, 2.24) is 4.72 Å². The molecule has 106 valence electrons. The molecule has 0 bridgehead atoms. The normalized spacial score (nSPS) is 18.7. The van der Waals surface area contributed by atoms with Gasteiger partial charge >= 0.3 is 0 Å². The molecule has 0 saturated heterocycles. The van der Waals surface area contributed by atoms with Gasteiger partial charge in [-0.05, 0) is 43.5 Å². The minimum atomic E-state index is -3.66. The molecule has 0 amide bonds. The van der Waals surface area contributed by atoms with Gasteiger partial charge in [0.05, 0.1) is 4.90 Å². The molecule has 0 spiro atoms. The molecule has 1 fully saturated rings. The lowest BCUT2D eigenvalue weighted by molar-refractivity contribution is 0.399. The molecule has 1 saturated carbocycles. The number of aryl methyl sites for hydroxylation is 1. The van der Waals surface area contributed by atoms with Crippen LogP contribution in [0.25, 0.3) is 0 Å². The van der Waals surface area contributed by atoms with Crippen molar-refractivity contribution in [2.75, 3.05) is 6.54 Å². The zero-order valence-corrected chi connectivity index (χ0v) is 11.8. The van der Waals surface area contributed by atoms with Crippen LogP contribution in [-0.4, -0.2) is 20.5 Å². The highest BCUT2D eigenvalue weighted by atomic mass is 32.2. The Labute approximate surface area is 113 Å². The first-order valence-corrected chi connectivity index (χ1v) is 7.87. The molecule has 0 heterocycles. The fraction of sp³-hybridized carbons (Fsp3) is 0.538. The Bertz CT molecular complexity index is 566. The summed E-state index contributed by atoms with van der Waals surface area (Å²) in [5, 5.41) is 0. The van der Waals surface area contributed by atoms with E-state index in [0.29, 0.717) is 5.56 Å². The molecule has 0 atom stereocenters. The van der Waals surface area contributed by atoms with Gasteiger partial charge in [-0.1, -0.05) is 12.8 Å². The zero-order valence-electron chi connectivity index (χ0n) is 10.9. The van der Waals surface area contributed by atoms with E-state index in [2.05, 4.69) is 4.72 Å². The monoisotopic (exact) mass is 286 g/mol. The van der Waals surface area contributed by atoms with E-state index in [4.69, 9.17) is 5.73 Å². The van der Waals surface area contributed by atoms with Crippen LogP contribution in [0.15, 0.2) is 23.1 Å². The molecule has 0 unspecified atom stereocenters. The summed E-state index contributed by atoms with van der Waals surface area (Å²) < 4.78 is 40.6. The van der Waals surface area contributed by atoms with Gasteiger partial charge in [0.2, 0.25) is 10.0 Å². The van der Waals surface area contributed by atoms with Gasteiger partial charge in [0.1, 0.15) is 5.82 Å². The number of sulfonamides is 1. The summed E-state index contributed by atoms with van der Waals surface area (Å²) in [5.41, 5.74) is 5.59. The first kappa shape index (κ1) is 14.4. The predicted molar refractivity (Wildman–Crippen MR) is 71.7 cm³/mol. The van der Waals surface area contributed by atoms with Crippen molar-refractivity contribution in [1.29, 1.82) is 0 Å². The van der Waals surface area contributed by atoms with E-state index < -0.39 is 21.4 Å². The molecule has 4 nitrogen and oxygen atoms in total. The van der Waals surface area contributed by atoms with Gasteiger partial charge < -0.3 is 5.73 Å². The Morgan fingerprint density at radius 2 is 2.00 bits per heavy atom. The molecule has 1 aromatic carbocycles. The highest BCUT2D eigenvalue weighted by Gasteiger charge is 2.37. The molecule has 0 radical (unpaired) electrons. The van der Waals surface area contributed by atoms with Crippen LogP contribution >= 0.6 is 0 Å². The van der Waals surface area contributed by atoms with Crippen molar-refractivity contribution in [3.05, 3.63) is 29.6 Å².